The van der Waals surface area contributed by atoms with E-state index in [0.29, 0.717) is 29.4 Å². The predicted octanol–water partition coefficient (Wildman–Crippen LogP) is 4.20. The van der Waals surface area contributed by atoms with Gasteiger partial charge in [-0.1, -0.05) is 37.5 Å². The highest BCUT2D eigenvalue weighted by atomic mass is 19.4. The lowest BCUT2D eigenvalue weighted by atomic mass is 9.84. The number of aryl methyl sites for hydroxylation is 1. The van der Waals surface area contributed by atoms with Crippen LogP contribution in [0.4, 0.5) is 19.1 Å². The van der Waals surface area contributed by atoms with E-state index >= 15 is 0 Å². The maximum absolute atomic E-state index is 13.6. The Morgan fingerprint density at radius 3 is 2.72 bits per heavy atom. The van der Waals surface area contributed by atoms with Gasteiger partial charge in [0.05, 0.1) is 11.8 Å². The number of H-pyrrole nitrogens is 1. The number of anilines is 1. The quantitative estimate of drug-likeness (QED) is 0.641. The second-order valence-electron chi connectivity index (χ2n) is 7.50. The summed E-state index contributed by atoms with van der Waals surface area (Å²) in [6.07, 6.45) is 1.10. The van der Waals surface area contributed by atoms with E-state index in [-0.39, 0.29) is 23.5 Å². The predicted molar refractivity (Wildman–Crippen MR) is 104 cm³/mol. The van der Waals surface area contributed by atoms with Gasteiger partial charge in [0.25, 0.3) is 5.56 Å². The number of aromatic amines is 1. The molecular formula is C20H22F3N5O. The zero-order valence-electron chi connectivity index (χ0n) is 16.0. The largest absolute Gasteiger partial charge is 0.416 e. The minimum atomic E-state index is -4.41. The molecule has 2 aromatic heterocycles. The van der Waals surface area contributed by atoms with Crippen molar-refractivity contribution in [2.24, 2.45) is 7.05 Å². The zero-order valence-corrected chi connectivity index (χ0v) is 16.0. The lowest BCUT2D eigenvalue weighted by Gasteiger charge is -2.29. The van der Waals surface area contributed by atoms with Crippen molar-refractivity contribution < 1.29 is 13.2 Å². The van der Waals surface area contributed by atoms with Gasteiger partial charge in [-0.25, -0.2) is 0 Å². The Labute approximate surface area is 165 Å². The summed E-state index contributed by atoms with van der Waals surface area (Å²) in [5.41, 5.74) is -0.200. The number of hydrogen-bond donors (Lipinski definition) is 2. The summed E-state index contributed by atoms with van der Waals surface area (Å²) < 4.78 is 42.3. The third kappa shape index (κ3) is 3.86. The summed E-state index contributed by atoms with van der Waals surface area (Å²) in [5.74, 6) is -0.0737. The molecule has 3 aromatic rings. The summed E-state index contributed by atoms with van der Waals surface area (Å²) in [6.45, 7) is 0. The van der Waals surface area contributed by atoms with Crippen molar-refractivity contribution in [3.8, 4) is 0 Å². The van der Waals surface area contributed by atoms with Crippen molar-refractivity contribution in [3.05, 3.63) is 51.9 Å². The lowest BCUT2D eigenvalue weighted by molar-refractivity contribution is -0.138. The van der Waals surface area contributed by atoms with Crippen molar-refractivity contribution in [3.63, 3.8) is 0 Å². The fourth-order valence-corrected chi connectivity index (χ4v) is 4.21. The van der Waals surface area contributed by atoms with E-state index in [9.17, 15) is 18.0 Å². The van der Waals surface area contributed by atoms with E-state index in [2.05, 4.69) is 20.4 Å². The van der Waals surface area contributed by atoms with Gasteiger partial charge in [-0.05, 0) is 24.5 Å². The second kappa shape index (κ2) is 7.53. The molecule has 9 heteroatoms. The Morgan fingerprint density at radius 2 is 1.93 bits per heavy atom. The van der Waals surface area contributed by atoms with Crippen LogP contribution in [0.5, 0.6) is 0 Å². The van der Waals surface area contributed by atoms with Crippen molar-refractivity contribution in [2.45, 2.75) is 50.2 Å². The van der Waals surface area contributed by atoms with Crippen molar-refractivity contribution >= 4 is 17.0 Å². The Kier molecular flexibility index (Phi) is 5.06. The van der Waals surface area contributed by atoms with E-state index in [1.807, 2.05) is 0 Å². The van der Waals surface area contributed by atoms with Gasteiger partial charge in [0.1, 0.15) is 5.39 Å². The fraction of sp³-hybridized carbons (Fsp3) is 0.450. The van der Waals surface area contributed by atoms with Crippen LogP contribution in [0.25, 0.3) is 11.0 Å². The number of fused-ring (bicyclic) bond motifs is 1. The molecule has 0 spiro atoms. The number of alkyl halides is 3. The third-order valence-electron chi connectivity index (χ3n) is 5.61. The van der Waals surface area contributed by atoms with E-state index in [1.165, 1.54) is 16.9 Å². The number of nitrogens with one attached hydrogen (secondary N) is 2. The van der Waals surface area contributed by atoms with Crippen molar-refractivity contribution in [2.75, 3.05) is 5.32 Å². The Hall–Kier alpha value is -2.84. The molecule has 1 aliphatic rings. The number of benzene rings is 1. The zero-order chi connectivity index (χ0) is 20.6. The summed E-state index contributed by atoms with van der Waals surface area (Å²) in [7, 11) is 1.69. The summed E-state index contributed by atoms with van der Waals surface area (Å²) in [5, 5.41) is 7.64. The number of rotatable bonds is 3. The van der Waals surface area contributed by atoms with Gasteiger partial charge in [-0.15, -0.1) is 0 Å². The van der Waals surface area contributed by atoms with Gasteiger partial charge in [-0.3, -0.25) is 14.5 Å². The van der Waals surface area contributed by atoms with Gasteiger partial charge in [0.2, 0.25) is 5.95 Å². The molecule has 2 heterocycles. The minimum Gasteiger partial charge on any atom is -0.352 e. The molecule has 2 N–H and O–H groups in total. The molecule has 0 amide bonds. The SMILES string of the molecule is Cn1ncc2c(=O)[nH]c(NC3CCCCCC3c3ccccc3C(F)(F)F)nc21. The smallest absolute Gasteiger partial charge is 0.352 e. The number of hydrogen-bond acceptors (Lipinski definition) is 4. The van der Waals surface area contributed by atoms with Crippen LogP contribution in [-0.2, 0) is 13.2 Å². The van der Waals surface area contributed by atoms with Crippen LogP contribution in [0.2, 0.25) is 0 Å². The maximum Gasteiger partial charge on any atom is 0.416 e. The Bertz CT molecular complexity index is 1070. The van der Waals surface area contributed by atoms with Crippen LogP contribution < -0.4 is 10.9 Å². The fourth-order valence-electron chi connectivity index (χ4n) is 4.21. The lowest BCUT2D eigenvalue weighted by Crippen LogP contribution is -2.30. The van der Waals surface area contributed by atoms with Gasteiger partial charge >= 0.3 is 6.18 Å². The topological polar surface area (TPSA) is 75.6 Å². The highest BCUT2D eigenvalue weighted by Crippen LogP contribution is 2.40. The maximum atomic E-state index is 13.6. The first-order chi connectivity index (χ1) is 13.8. The first-order valence-corrected chi connectivity index (χ1v) is 9.69. The Balaban J connectivity index is 1.72. The molecule has 1 aromatic carbocycles. The van der Waals surface area contributed by atoms with Crippen molar-refractivity contribution in [1.82, 2.24) is 19.7 Å². The number of nitrogens with zero attached hydrogens (tertiary/aromatic N) is 3. The molecule has 2 atom stereocenters. The highest BCUT2D eigenvalue weighted by molar-refractivity contribution is 5.74. The molecule has 4 rings (SSSR count). The van der Waals surface area contributed by atoms with E-state index in [1.54, 1.807) is 19.2 Å². The minimum absolute atomic E-state index is 0.257. The first-order valence-electron chi connectivity index (χ1n) is 9.69. The van der Waals surface area contributed by atoms with Gasteiger partial charge in [0, 0.05) is 19.0 Å². The van der Waals surface area contributed by atoms with Gasteiger partial charge < -0.3 is 5.32 Å². The van der Waals surface area contributed by atoms with Crippen LogP contribution in [0.15, 0.2) is 35.3 Å². The Morgan fingerprint density at radius 1 is 1.17 bits per heavy atom. The molecule has 0 bridgehead atoms. The van der Waals surface area contributed by atoms with E-state index in [4.69, 9.17) is 0 Å². The molecule has 6 nitrogen and oxygen atoms in total. The first kappa shape index (κ1) is 19.5. The van der Waals surface area contributed by atoms with E-state index < -0.39 is 11.7 Å². The summed E-state index contributed by atoms with van der Waals surface area (Å²) in [6, 6.07) is 5.50. The van der Waals surface area contributed by atoms with E-state index in [0.717, 1.165) is 25.3 Å². The highest BCUT2D eigenvalue weighted by Gasteiger charge is 2.37. The van der Waals surface area contributed by atoms with Gasteiger partial charge in [0.15, 0.2) is 5.65 Å². The molecule has 29 heavy (non-hydrogen) atoms. The van der Waals surface area contributed by atoms with Crippen LogP contribution >= 0.6 is 0 Å². The number of halogens is 3. The average Bonchev–Trinajstić information content (AvgIpc) is 2.90. The summed E-state index contributed by atoms with van der Waals surface area (Å²) in [4.78, 5) is 19.4. The summed E-state index contributed by atoms with van der Waals surface area (Å²) >= 11 is 0. The van der Waals surface area contributed by atoms with Gasteiger partial charge in [-0.2, -0.15) is 23.3 Å². The van der Waals surface area contributed by atoms with Crippen LogP contribution in [0.1, 0.15) is 49.1 Å². The molecule has 1 fully saturated rings. The molecular weight excluding hydrogens is 383 g/mol. The molecule has 2 unspecified atom stereocenters. The van der Waals surface area contributed by atoms with Crippen LogP contribution in [0, 0.1) is 0 Å². The molecule has 0 aliphatic heterocycles. The molecule has 154 valence electrons. The van der Waals surface area contributed by atoms with Crippen molar-refractivity contribution in [1.29, 1.82) is 0 Å². The average molecular weight is 405 g/mol. The van der Waals surface area contributed by atoms with Crippen LogP contribution in [0.3, 0.4) is 0 Å². The third-order valence-corrected chi connectivity index (χ3v) is 5.61. The van der Waals surface area contributed by atoms with Crippen LogP contribution in [-0.4, -0.2) is 25.8 Å². The molecule has 0 saturated heterocycles. The number of aromatic nitrogens is 4. The normalized spacial score (nSPS) is 20.6. The molecule has 1 saturated carbocycles. The monoisotopic (exact) mass is 405 g/mol. The second-order valence-corrected chi connectivity index (χ2v) is 7.50. The molecule has 0 radical (unpaired) electrons. The molecule has 1 aliphatic carbocycles. The standard InChI is InChI=1S/C20H22F3N5O/c1-28-17-14(11-24-28)18(29)27-19(26-17)25-16-10-4-2-3-8-13(16)12-7-5-6-9-15(12)20(21,22)23/h5-7,9,11,13,16H,2-4,8,10H2,1H3,(H2,25,26,27,29).